The molecular weight excluding hydrogens is 264 g/mol. The van der Waals surface area contributed by atoms with Gasteiger partial charge in [0.15, 0.2) is 0 Å². The molecule has 1 aromatic carbocycles. The van der Waals surface area contributed by atoms with Crippen molar-refractivity contribution < 1.29 is 14.3 Å². The summed E-state index contributed by atoms with van der Waals surface area (Å²) in [4.78, 5) is 11.1. The standard InChI is InChI=1S/C18H24O3/c1-5-6-7-14(2)18(15(3)12-19)21-13-16-8-10-17(20-4)11-9-16/h5-12,14-15,18H,1,13H2,2-4H3/b7-6-/t14?,15-,18-/m0/s1. The normalized spacial score (nSPS) is 15.4. The summed E-state index contributed by atoms with van der Waals surface area (Å²) in [5.74, 6) is 0.799. The third kappa shape index (κ3) is 5.56. The molecule has 0 aromatic heterocycles. The summed E-state index contributed by atoms with van der Waals surface area (Å²) in [5, 5.41) is 0. The minimum absolute atomic E-state index is 0.140. The highest BCUT2D eigenvalue weighted by Gasteiger charge is 2.22. The summed E-state index contributed by atoms with van der Waals surface area (Å²) in [6.45, 7) is 8.05. The molecule has 114 valence electrons. The molecule has 3 heteroatoms. The van der Waals surface area contributed by atoms with Crippen LogP contribution in [-0.4, -0.2) is 19.5 Å². The summed E-state index contributed by atoms with van der Waals surface area (Å²) in [6.07, 6.45) is 6.40. The number of carbonyl (C=O) groups is 1. The van der Waals surface area contributed by atoms with Gasteiger partial charge >= 0.3 is 0 Å². The Balaban J connectivity index is 2.69. The molecule has 0 amide bonds. The summed E-state index contributed by atoms with van der Waals surface area (Å²) >= 11 is 0. The van der Waals surface area contributed by atoms with Crippen LogP contribution in [-0.2, 0) is 16.1 Å². The van der Waals surface area contributed by atoms with Crippen LogP contribution in [0.1, 0.15) is 19.4 Å². The van der Waals surface area contributed by atoms with Gasteiger partial charge in [-0.05, 0) is 17.7 Å². The Labute approximate surface area is 127 Å². The average molecular weight is 288 g/mol. The van der Waals surface area contributed by atoms with Crippen molar-refractivity contribution in [3.05, 3.63) is 54.6 Å². The van der Waals surface area contributed by atoms with Crippen molar-refractivity contribution in [3.8, 4) is 5.75 Å². The summed E-state index contributed by atoms with van der Waals surface area (Å²) in [7, 11) is 1.64. The number of methoxy groups -OCH3 is 1. The first kappa shape index (κ1) is 17.2. The molecule has 0 saturated carbocycles. The van der Waals surface area contributed by atoms with Gasteiger partial charge in [0.05, 0.1) is 19.8 Å². The number of rotatable bonds is 9. The van der Waals surface area contributed by atoms with E-state index in [0.29, 0.717) is 6.61 Å². The van der Waals surface area contributed by atoms with E-state index in [-0.39, 0.29) is 17.9 Å². The summed E-state index contributed by atoms with van der Waals surface area (Å²) in [6, 6.07) is 7.73. The van der Waals surface area contributed by atoms with Gasteiger partial charge in [-0.2, -0.15) is 0 Å². The molecule has 3 nitrogen and oxygen atoms in total. The highest BCUT2D eigenvalue weighted by atomic mass is 16.5. The van der Waals surface area contributed by atoms with Gasteiger partial charge < -0.3 is 14.3 Å². The van der Waals surface area contributed by atoms with E-state index in [1.807, 2.05) is 50.3 Å². The summed E-state index contributed by atoms with van der Waals surface area (Å²) < 4.78 is 11.1. The lowest BCUT2D eigenvalue weighted by molar-refractivity contribution is -0.117. The Kier molecular flexibility index (Phi) is 7.48. The van der Waals surface area contributed by atoms with Gasteiger partial charge in [-0.1, -0.05) is 50.8 Å². The van der Waals surface area contributed by atoms with Crippen molar-refractivity contribution in [3.63, 3.8) is 0 Å². The van der Waals surface area contributed by atoms with Gasteiger partial charge in [0.25, 0.3) is 0 Å². The van der Waals surface area contributed by atoms with Gasteiger partial charge in [0, 0.05) is 11.8 Å². The maximum absolute atomic E-state index is 11.1. The van der Waals surface area contributed by atoms with E-state index in [2.05, 4.69) is 6.58 Å². The predicted octanol–water partition coefficient (Wildman–Crippen LogP) is 3.79. The second-order valence-corrected chi connectivity index (χ2v) is 5.10. The van der Waals surface area contributed by atoms with Crippen LogP contribution in [0.4, 0.5) is 0 Å². The van der Waals surface area contributed by atoms with Gasteiger partial charge in [0.1, 0.15) is 12.0 Å². The molecular formula is C18H24O3. The van der Waals surface area contributed by atoms with Crippen LogP contribution in [0.3, 0.4) is 0 Å². The van der Waals surface area contributed by atoms with E-state index in [0.717, 1.165) is 17.6 Å². The molecule has 21 heavy (non-hydrogen) atoms. The molecule has 1 rings (SSSR count). The highest BCUT2D eigenvalue weighted by Crippen LogP contribution is 2.20. The van der Waals surface area contributed by atoms with Crippen LogP contribution in [0, 0.1) is 11.8 Å². The fourth-order valence-corrected chi connectivity index (χ4v) is 2.14. The van der Waals surface area contributed by atoms with E-state index < -0.39 is 0 Å². The van der Waals surface area contributed by atoms with Crippen molar-refractivity contribution in [2.45, 2.75) is 26.6 Å². The zero-order valence-corrected chi connectivity index (χ0v) is 13.0. The van der Waals surface area contributed by atoms with Crippen LogP contribution < -0.4 is 4.74 Å². The molecule has 0 saturated heterocycles. The smallest absolute Gasteiger partial charge is 0.125 e. The highest BCUT2D eigenvalue weighted by molar-refractivity contribution is 5.54. The van der Waals surface area contributed by atoms with Crippen LogP contribution >= 0.6 is 0 Å². The first-order chi connectivity index (χ1) is 10.1. The van der Waals surface area contributed by atoms with Crippen molar-refractivity contribution in [2.24, 2.45) is 11.8 Å². The number of allylic oxidation sites excluding steroid dienone is 2. The maximum atomic E-state index is 11.1. The Morgan fingerprint density at radius 3 is 2.38 bits per heavy atom. The molecule has 1 unspecified atom stereocenters. The first-order valence-corrected chi connectivity index (χ1v) is 7.11. The summed E-state index contributed by atoms with van der Waals surface area (Å²) in [5.41, 5.74) is 1.05. The maximum Gasteiger partial charge on any atom is 0.125 e. The number of hydrogen-bond acceptors (Lipinski definition) is 3. The second kappa shape index (κ2) is 9.14. The Hall–Kier alpha value is -1.87. The molecule has 0 bridgehead atoms. The lowest BCUT2D eigenvalue weighted by Gasteiger charge is -2.25. The molecule has 1 aromatic rings. The Morgan fingerprint density at radius 1 is 1.19 bits per heavy atom. The minimum atomic E-state index is -0.160. The zero-order chi connectivity index (χ0) is 15.7. The van der Waals surface area contributed by atoms with E-state index >= 15 is 0 Å². The quantitative estimate of drug-likeness (QED) is 0.512. The largest absolute Gasteiger partial charge is 0.497 e. The van der Waals surface area contributed by atoms with Gasteiger partial charge in [-0.3, -0.25) is 0 Å². The molecule has 0 aliphatic rings. The van der Waals surface area contributed by atoms with Gasteiger partial charge in [-0.25, -0.2) is 0 Å². The van der Waals surface area contributed by atoms with Gasteiger partial charge in [-0.15, -0.1) is 0 Å². The number of benzene rings is 1. The van der Waals surface area contributed by atoms with Crippen molar-refractivity contribution in [1.29, 1.82) is 0 Å². The monoisotopic (exact) mass is 288 g/mol. The molecule has 0 radical (unpaired) electrons. The van der Waals surface area contributed by atoms with Crippen LogP contribution in [0.2, 0.25) is 0 Å². The van der Waals surface area contributed by atoms with E-state index in [1.54, 1.807) is 13.2 Å². The number of aldehydes is 1. The molecule has 0 aliphatic carbocycles. The van der Waals surface area contributed by atoms with Crippen molar-refractivity contribution in [1.82, 2.24) is 0 Å². The average Bonchev–Trinajstić information content (AvgIpc) is 2.53. The third-order valence-corrected chi connectivity index (χ3v) is 3.40. The van der Waals surface area contributed by atoms with Crippen LogP contribution in [0.25, 0.3) is 0 Å². The molecule has 0 spiro atoms. The molecule has 3 atom stereocenters. The fourth-order valence-electron chi connectivity index (χ4n) is 2.14. The predicted molar refractivity (Wildman–Crippen MR) is 85.3 cm³/mol. The number of carbonyl (C=O) groups excluding carboxylic acids is 1. The second-order valence-electron chi connectivity index (χ2n) is 5.10. The zero-order valence-electron chi connectivity index (χ0n) is 13.0. The number of hydrogen-bond donors (Lipinski definition) is 0. The van der Waals surface area contributed by atoms with E-state index in [4.69, 9.17) is 9.47 Å². The van der Waals surface area contributed by atoms with Crippen LogP contribution in [0.5, 0.6) is 5.75 Å². The lowest BCUT2D eigenvalue weighted by atomic mass is 9.93. The molecule has 0 N–H and O–H groups in total. The van der Waals surface area contributed by atoms with Crippen molar-refractivity contribution >= 4 is 6.29 Å². The van der Waals surface area contributed by atoms with Crippen LogP contribution in [0.15, 0.2) is 49.1 Å². The molecule has 0 fully saturated rings. The SMILES string of the molecule is C=C/C=C\C(C)[C@H](OCc1ccc(OC)cc1)[C@@H](C)C=O. The van der Waals surface area contributed by atoms with Gasteiger partial charge in [0.2, 0.25) is 0 Å². The van der Waals surface area contributed by atoms with E-state index in [1.165, 1.54) is 0 Å². The lowest BCUT2D eigenvalue weighted by Crippen LogP contribution is -2.29. The number of ether oxygens (including phenoxy) is 2. The molecule has 0 aliphatic heterocycles. The minimum Gasteiger partial charge on any atom is -0.497 e. The Bertz CT molecular complexity index is 462. The third-order valence-electron chi connectivity index (χ3n) is 3.40. The molecule has 0 heterocycles. The fraction of sp³-hybridized carbons (Fsp3) is 0.389. The van der Waals surface area contributed by atoms with E-state index in [9.17, 15) is 4.79 Å². The Morgan fingerprint density at radius 2 is 1.86 bits per heavy atom. The topological polar surface area (TPSA) is 35.5 Å². The van der Waals surface area contributed by atoms with Crippen molar-refractivity contribution in [2.75, 3.05) is 7.11 Å². The first-order valence-electron chi connectivity index (χ1n) is 7.11.